The lowest BCUT2D eigenvalue weighted by molar-refractivity contribution is -0.140. The molecule has 2 aliphatic rings. The number of carbonyl (C=O) groups excluding carboxylic acids is 1. The molecule has 1 saturated heterocycles. The van der Waals surface area contributed by atoms with Gasteiger partial charge in [-0.25, -0.2) is 21.9 Å². The van der Waals surface area contributed by atoms with Crippen LogP contribution >= 0.6 is 0 Å². The van der Waals surface area contributed by atoms with Crippen molar-refractivity contribution in [3.05, 3.63) is 65.7 Å². The van der Waals surface area contributed by atoms with Crippen LogP contribution in [0.25, 0.3) is 0 Å². The Morgan fingerprint density at radius 1 is 1.00 bits per heavy atom. The number of carbonyl (C=O) groups is 1. The number of nitrogens with one attached hydrogen (secondary N) is 1. The van der Waals surface area contributed by atoms with Gasteiger partial charge in [-0.15, -0.1) is 0 Å². The van der Waals surface area contributed by atoms with Gasteiger partial charge in [-0.2, -0.15) is 0 Å². The quantitative estimate of drug-likeness (QED) is 0.760. The summed E-state index contributed by atoms with van der Waals surface area (Å²) >= 11 is 0. The van der Waals surface area contributed by atoms with Crippen molar-refractivity contribution in [2.24, 2.45) is 5.92 Å². The molecule has 1 N–H and O–H groups in total. The number of ether oxygens (including phenoxy) is 1. The van der Waals surface area contributed by atoms with Crippen LogP contribution in [0.1, 0.15) is 24.3 Å². The molecule has 0 spiro atoms. The largest absolute Gasteiger partial charge is 0.378 e. The van der Waals surface area contributed by atoms with Gasteiger partial charge in [0.05, 0.1) is 18.1 Å². The van der Waals surface area contributed by atoms with Gasteiger partial charge in [0.15, 0.2) is 0 Å². The summed E-state index contributed by atoms with van der Waals surface area (Å²) < 4.78 is 60.4. The molecular formula is C22H24F2N2O4S. The van der Waals surface area contributed by atoms with Crippen molar-refractivity contribution >= 4 is 15.9 Å². The third kappa shape index (κ3) is 4.94. The molecule has 2 fully saturated rings. The third-order valence-corrected chi connectivity index (χ3v) is 7.45. The van der Waals surface area contributed by atoms with Crippen LogP contribution in [-0.4, -0.2) is 51.6 Å². The molecule has 1 heterocycles. The number of amides is 1. The molecule has 0 radical (unpaired) electrons. The van der Waals surface area contributed by atoms with Crippen molar-refractivity contribution in [1.29, 1.82) is 0 Å². The average molecular weight is 451 g/mol. The van der Waals surface area contributed by atoms with Crippen molar-refractivity contribution < 1.29 is 26.7 Å². The lowest BCUT2D eigenvalue weighted by atomic mass is 9.88. The van der Waals surface area contributed by atoms with Crippen LogP contribution in [0.5, 0.6) is 0 Å². The summed E-state index contributed by atoms with van der Waals surface area (Å²) in [7, 11) is -3.95. The van der Waals surface area contributed by atoms with E-state index in [2.05, 4.69) is 4.72 Å². The maximum absolute atomic E-state index is 13.5. The Bertz CT molecular complexity index is 1040. The van der Waals surface area contributed by atoms with E-state index in [-0.39, 0.29) is 22.5 Å². The van der Waals surface area contributed by atoms with Crippen molar-refractivity contribution in [3.63, 3.8) is 0 Å². The summed E-state index contributed by atoms with van der Waals surface area (Å²) in [6.45, 7) is 1.92. The maximum Gasteiger partial charge on any atom is 0.240 e. The van der Waals surface area contributed by atoms with Crippen molar-refractivity contribution in [1.82, 2.24) is 9.62 Å². The second-order valence-electron chi connectivity index (χ2n) is 7.95. The minimum atomic E-state index is -3.95. The first-order chi connectivity index (χ1) is 14.8. The second-order valence-corrected chi connectivity index (χ2v) is 9.66. The highest BCUT2D eigenvalue weighted by molar-refractivity contribution is 7.89. The van der Waals surface area contributed by atoms with E-state index in [0.29, 0.717) is 39.1 Å². The number of halogens is 2. The van der Waals surface area contributed by atoms with Crippen molar-refractivity contribution in [2.45, 2.75) is 29.7 Å². The molecule has 6 nitrogen and oxygen atoms in total. The zero-order valence-corrected chi connectivity index (χ0v) is 17.7. The van der Waals surface area contributed by atoms with Gasteiger partial charge in [0.1, 0.15) is 11.6 Å². The molecule has 1 aliphatic carbocycles. The predicted molar refractivity (Wildman–Crippen MR) is 110 cm³/mol. The topological polar surface area (TPSA) is 75.7 Å². The van der Waals surface area contributed by atoms with Gasteiger partial charge < -0.3 is 9.64 Å². The number of benzene rings is 2. The minimum absolute atomic E-state index is 0.0509. The fourth-order valence-corrected chi connectivity index (χ4v) is 5.72. The number of hydrogen-bond acceptors (Lipinski definition) is 4. The second kappa shape index (κ2) is 9.02. The Balaban J connectivity index is 1.57. The van der Waals surface area contributed by atoms with E-state index in [1.54, 1.807) is 17.0 Å². The Morgan fingerprint density at radius 3 is 2.39 bits per heavy atom. The van der Waals surface area contributed by atoms with Gasteiger partial charge >= 0.3 is 0 Å². The standard InChI is InChI=1S/C22H24F2N2O4S/c23-16-6-4-15(5-7-16)20-13-18(14-21(20)22(27)26-8-10-30-11-9-26)25-31(28,29)19-3-1-2-17(24)12-19/h1-7,12,18,20-21,25H,8-11,13-14H2/t18-,20+,21-/m0/s1. The summed E-state index contributed by atoms with van der Waals surface area (Å²) in [6.07, 6.45) is 0.702. The van der Waals surface area contributed by atoms with E-state index < -0.39 is 27.8 Å². The SMILES string of the molecule is O=C([C@H]1C[C@@H](NS(=O)(=O)c2cccc(F)c2)C[C@@H]1c1ccc(F)cc1)N1CCOCC1. The third-order valence-electron chi connectivity index (χ3n) is 5.93. The molecule has 2 aromatic carbocycles. The lowest BCUT2D eigenvalue weighted by Crippen LogP contribution is -2.44. The highest BCUT2D eigenvalue weighted by Crippen LogP contribution is 2.41. The Morgan fingerprint density at radius 2 is 1.71 bits per heavy atom. The molecule has 2 aromatic rings. The molecule has 3 atom stereocenters. The van der Waals surface area contributed by atoms with Crippen LogP contribution in [-0.2, 0) is 19.6 Å². The fourth-order valence-electron chi connectivity index (χ4n) is 4.43. The van der Waals surface area contributed by atoms with Gasteiger partial charge in [0.2, 0.25) is 15.9 Å². The molecule has 1 saturated carbocycles. The Kier molecular flexibility index (Phi) is 6.36. The van der Waals surface area contributed by atoms with Crippen LogP contribution in [0.3, 0.4) is 0 Å². The van der Waals surface area contributed by atoms with Crippen LogP contribution in [0, 0.1) is 17.6 Å². The normalized spacial score (nSPS) is 24.3. The number of sulfonamides is 1. The summed E-state index contributed by atoms with van der Waals surface area (Å²) in [5.74, 6) is -1.76. The maximum atomic E-state index is 13.5. The number of morpholine rings is 1. The molecule has 0 aromatic heterocycles. The first-order valence-corrected chi connectivity index (χ1v) is 11.7. The van der Waals surface area contributed by atoms with Crippen molar-refractivity contribution in [2.75, 3.05) is 26.3 Å². The number of nitrogens with zero attached hydrogens (tertiary/aromatic N) is 1. The van der Waals surface area contributed by atoms with E-state index in [0.717, 1.165) is 11.6 Å². The highest BCUT2D eigenvalue weighted by atomic mass is 32.2. The number of rotatable bonds is 5. The molecule has 9 heteroatoms. The molecule has 1 aliphatic heterocycles. The predicted octanol–water partition coefficient (Wildman–Crippen LogP) is 2.66. The summed E-state index contributed by atoms with van der Waals surface area (Å²) in [4.78, 5) is 14.8. The summed E-state index contributed by atoms with van der Waals surface area (Å²) in [6, 6.07) is 10.3. The van der Waals surface area contributed by atoms with E-state index in [4.69, 9.17) is 4.74 Å². The van der Waals surface area contributed by atoms with Gasteiger partial charge in [0.25, 0.3) is 0 Å². The molecule has 0 unspecified atom stereocenters. The van der Waals surface area contributed by atoms with Gasteiger partial charge in [0, 0.05) is 25.0 Å². The average Bonchev–Trinajstić information content (AvgIpc) is 3.17. The van der Waals surface area contributed by atoms with E-state index in [1.807, 2.05) is 0 Å². The zero-order chi connectivity index (χ0) is 22.0. The van der Waals surface area contributed by atoms with Gasteiger partial charge in [-0.1, -0.05) is 18.2 Å². The van der Waals surface area contributed by atoms with E-state index >= 15 is 0 Å². The molecule has 0 bridgehead atoms. The van der Waals surface area contributed by atoms with Crippen LogP contribution in [0.15, 0.2) is 53.4 Å². The molecule has 4 rings (SSSR count). The van der Waals surface area contributed by atoms with Crippen LogP contribution < -0.4 is 4.72 Å². The smallest absolute Gasteiger partial charge is 0.240 e. The van der Waals surface area contributed by atoms with Gasteiger partial charge in [-0.05, 0) is 54.7 Å². The highest BCUT2D eigenvalue weighted by Gasteiger charge is 2.42. The van der Waals surface area contributed by atoms with Crippen molar-refractivity contribution in [3.8, 4) is 0 Å². The zero-order valence-electron chi connectivity index (χ0n) is 16.8. The minimum Gasteiger partial charge on any atom is -0.378 e. The van der Waals surface area contributed by atoms with Gasteiger partial charge in [-0.3, -0.25) is 4.79 Å². The monoisotopic (exact) mass is 450 g/mol. The first kappa shape index (κ1) is 21.9. The Labute approximate surface area is 180 Å². The summed E-state index contributed by atoms with van der Waals surface area (Å²) in [5, 5.41) is 0. The van der Waals surface area contributed by atoms with Crippen LogP contribution in [0.2, 0.25) is 0 Å². The summed E-state index contributed by atoms with van der Waals surface area (Å²) in [5.41, 5.74) is 0.792. The lowest BCUT2D eigenvalue weighted by Gasteiger charge is -2.31. The fraction of sp³-hybridized carbons (Fsp3) is 0.409. The number of hydrogen-bond donors (Lipinski definition) is 1. The Hall–Kier alpha value is -2.36. The molecule has 1 amide bonds. The molecule has 166 valence electrons. The van der Waals surface area contributed by atoms with Crippen LogP contribution in [0.4, 0.5) is 8.78 Å². The molecule has 31 heavy (non-hydrogen) atoms. The molecular weight excluding hydrogens is 426 g/mol. The van der Waals surface area contributed by atoms with E-state index in [1.165, 1.54) is 30.3 Å². The first-order valence-electron chi connectivity index (χ1n) is 10.2. The van der Waals surface area contributed by atoms with E-state index in [9.17, 15) is 22.0 Å².